The number of benzene rings is 3. The molecule has 1 N–H and O–H groups in total. The summed E-state index contributed by atoms with van der Waals surface area (Å²) in [7, 11) is 1.45. The van der Waals surface area contributed by atoms with Gasteiger partial charge in [0.15, 0.2) is 0 Å². The molecule has 0 bridgehead atoms. The number of hydrogen-bond acceptors (Lipinski definition) is 5. The number of fused-ring (bicyclic) bond motifs is 1. The minimum absolute atomic E-state index is 0.147. The second kappa shape index (κ2) is 10.6. The van der Waals surface area contributed by atoms with Crippen LogP contribution in [0.15, 0.2) is 65.6 Å². The van der Waals surface area contributed by atoms with Gasteiger partial charge in [-0.1, -0.05) is 43.5 Å². The van der Waals surface area contributed by atoms with Crippen molar-refractivity contribution in [2.24, 2.45) is 5.92 Å². The van der Waals surface area contributed by atoms with Crippen molar-refractivity contribution in [2.45, 2.75) is 43.0 Å². The van der Waals surface area contributed by atoms with Crippen LogP contribution in [-0.2, 0) is 10.0 Å². The van der Waals surface area contributed by atoms with Crippen LogP contribution in [0.5, 0.6) is 0 Å². The van der Waals surface area contributed by atoms with Crippen LogP contribution in [-0.4, -0.2) is 57.5 Å². The van der Waals surface area contributed by atoms with E-state index < -0.39 is 27.4 Å². The Hall–Kier alpha value is -3.43. The van der Waals surface area contributed by atoms with Gasteiger partial charge in [0.2, 0.25) is 10.0 Å². The number of carbonyl (C=O) groups is 1. The average Bonchev–Trinajstić information content (AvgIpc) is 3.01. The summed E-state index contributed by atoms with van der Waals surface area (Å²) in [5.74, 6) is -1.97. The van der Waals surface area contributed by atoms with Gasteiger partial charge in [0, 0.05) is 50.7 Å². The van der Waals surface area contributed by atoms with Crippen LogP contribution < -0.4 is 9.80 Å². The van der Waals surface area contributed by atoms with E-state index in [1.165, 1.54) is 22.9 Å². The number of carboxylic acids is 1. The number of halogens is 1. The van der Waals surface area contributed by atoms with Gasteiger partial charge in [-0.05, 0) is 60.7 Å². The molecule has 0 saturated heterocycles. The first-order valence-corrected chi connectivity index (χ1v) is 14.7. The van der Waals surface area contributed by atoms with E-state index in [4.69, 9.17) is 0 Å². The lowest BCUT2D eigenvalue weighted by Crippen LogP contribution is -2.46. The van der Waals surface area contributed by atoms with Gasteiger partial charge in [-0.25, -0.2) is 17.6 Å². The lowest BCUT2D eigenvalue weighted by atomic mass is 9.83. The second-order valence-corrected chi connectivity index (χ2v) is 12.6. The number of likely N-dealkylation sites (N-methyl/N-ethyl adjacent to an activating group) is 1. The maximum Gasteiger partial charge on any atom is 0.338 e. The van der Waals surface area contributed by atoms with E-state index in [1.807, 2.05) is 55.4 Å². The molecule has 3 aromatic carbocycles. The SMILES string of the molecule is CN(C)c1cc2c(cc1-c1ccc(F)c(C(=O)O)c1)S(=O)(=O)N(C)[C@H](C1CCCCC1)CN2c1ccccc1. The summed E-state index contributed by atoms with van der Waals surface area (Å²) in [6.45, 7) is 0.517. The Morgan fingerprint density at radius 1 is 1.00 bits per heavy atom. The smallest absolute Gasteiger partial charge is 0.338 e. The Labute approximate surface area is 229 Å². The number of anilines is 3. The van der Waals surface area contributed by atoms with Gasteiger partial charge in [-0.3, -0.25) is 0 Å². The lowest BCUT2D eigenvalue weighted by molar-refractivity contribution is 0.0692. The van der Waals surface area contributed by atoms with Crippen molar-refractivity contribution >= 4 is 33.1 Å². The zero-order valence-corrected chi connectivity index (χ0v) is 23.3. The molecule has 0 radical (unpaired) electrons. The summed E-state index contributed by atoms with van der Waals surface area (Å²) in [4.78, 5) is 15.8. The third kappa shape index (κ3) is 5.01. The zero-order chi connectivity index (χ0) is 27.9. The summed E-state index contributed by atoms with van der Waals surface area (Å²) < 4.78 is 44.4. The van der Waals surface area contributed by atoms with Gasteiger partial charge in [0.05, 0.1) is 11.3 Å². The summed E-state index contributed by atoms with van der Waals surface area (Å²) >= 11 is 0. The highest BCUT2D eigenvalue weighted by Gasteiger charge is 2.41. The van der Waals surface area contributed by atoms with Crippen LogP contribution in [0.4, 0.5) is 21.5 Å². The molecule has 0 aromatic heterocycles. The molecule has 1 atom stereocenters. The molecule has 1 fully saturated rings. The second-order valence-electron chi connectivity index (χ2n) is 10.7. The van der Waals surface area contributed by atoms with Crippen molar-refractivity contribution in [1.29, 1.82) is 0 Å². The summed E-state index contributed by atoms with van der Waals surface area (Å²) in [5.41, 5.74) is 2.65. The van der Waals surface area contributed by atoms with Crippen molar-refractivity contribution in [3.8, 4) is 11.1 Å². The molecule has 0 spiro atoms. The predicted molar refractivity (Wildman–Crippen MR) is 152 cm³/mol. The van der Waals surface area contributed by atoms with Gasteiger partial charge >= 0.3 is 5.97 Å². The number of aromatic carboxylic acids is 1. The van der Waals surface area contributed by atoms with Gasteiger partial charge in [0.25, 0.3) is 0 Å². The Kier molecular flexibility index (Phi) is 7.39. The van der Waals surface area contributed by atoms with Crippen LogP contribution in [0.25, 0.3) is 11.1 Å². The normalized spacial score (nSPS) is 19.8. The maximum absolute atomic E-state index is 14.3. The summed E-state index contributed by atoms with van der Waals surface area (Å²) in [6, 6.07) is 16.9. The molecule has 5 rings (SSSR count). The van der Waals surface area contributed by atoms with E-state index in [0.717, 1.165) is 37.4 Å². The standard InChI is InChI=1S/C30H34FN3O4S/c1-32(2)26-18-27-29(17-23(26)21-14-15-25(31)24(16-21)30(35)36)39(37,38)33(3)28(20-10-6-4-7-11-20)19-34(27)22-12-8-5-9-13-22/h5,8-9,12-18,20,28H,4,6-7,10-11,19H2,1-3H3,(H,35,36)/t28-/m0/s1. The molecule has 1 aliphatic heterocycles. The van der Waals surface area contributed by atoms with Crippen LogP contribution >= 0.6 is 0 Å². The van der Waals surface area contributed by atoms with Gasteiger partial charge in [0.1, 0.15) is 10.7 Å². The summed E-state index contributed by atoms with van der Waals surface area (Å²) in [6.07, 6.45) is 5.35. The molecule has 3 aromatic rings. The Morgan fingerprint density at radius 2 is 1.69 bits per heavy atom. The van der Waals surface area contributed by atoms with Crippen molar-refractivity contribution < 1.29 is 22.7 Å². The van der Waals surface area contributed by atoms with Crippen molar-refractivity contribution in [1.82, 2.24) is 4.31 Å². The monoisotopic (exact) mass is 551 g/mol. The van der Waals surface area contributed by atoms with E-state index >= 15 is 0 Å². The van der Waals surface area contributed by atoms with Crippen LogP contribution in [0, 0.1) is 11.7 Å². The van der Waals surface area contributed by atoms with E-state index in [9.17, 15) is 22.7 Å². The fourth-order valence-corrected chi connectivity index (χ4v) is 7.59. The molecule has 1 saturated carbocycles. The first kappa shape index (κ1) is 27.1. The molecule has 9 heteroatoms. The highest BCUT2D eigenvalue weighted by Crippen LogP contribution is 2.45. The van der Waals surface area contributed by atoms with Crippen LogP contribution in [0.1, 0.15) is 42.5 Å². The number of sulfonamides is 1. The third-order valence-corrected chi connectivity index (χ3v) is 10.0. The number of para-hydroxylation sites is 1. The number of rotatable bonds is 5. The minimum Gasteiger partial charge on any atom is -0.478 e. The Morgan fingerprint density at radius 3 is 2.33 bits per heavy atom. The van der Waals surface area contributed by atoms with E-state index in [-0.39, 0.29) is 16.9 Å². The molecule has 0 unspecified atom stereocenters. The average molecular weight is 552 g/mol. The lowest BCUT2D eigenvalue weighted by Gasteiger charge is -2.37. The molecule has 206 valence electrons. The first-order valence-electron chi connectivity index (χ1n) is 13.3. The number of carboxylic acid groups (broad SMARTS) is 1. The molecule has 1 heterocycles. The van der Waals surface area contributed by atoms with Gasteiger partial charge in [-0.15, -0.1) is 0 Å². The fraction of sp³-hybridized carbons (Fsp3) is 0.367. The molecule has 7 nitrogen and oxygen atoms in total. The Bertz CT molecular complexity index is 1490. The molecular formula is C30H34FN3O4S. The number of hydrogen-bond donors (Lipinski definition) is 1. The quantitative estimate of drug-likeness (QED) is 0.420. The largest absolute Gasteiger partial charge is 0.478 e. The fourth-order valence-electron chi connectivity index (χ4n) is 5.98. The maximum atomic E-state index is 14.3. The number of nitrogens with zero attached hydrogens (tertiary/aromatic N) is 3. The third-order valence-electron chi connectivity index (χ3n) is 8.11. The van der Waals surface area contributed by atoms with Gasteiger partial charge < -0.3 is 14.9 Å². The van der Waals surface area contributed by atoms with E-state index in [1.54, 1.807) is 13.1 Å². The highest BCUT2D eigenvalue weighted by atomic mass is 32.2. The van der Waals surface area contributed by atoms with E-state index in [0.29, 0.717) is 29.0 Å². The molecular weight excluding hydrogens is 517 g/mol. The molecule has 39 heavy (non-hydrogen) atoms. The van der Waals surface area contributed by atoms with Crippen LogP contribution in [0.2, 0.25) is 0 Å². The first-order chi connectivity index (χ1) is 18.6. The Balaban J connectivity index is 1.76. The van der Waals surface area contributed by atoms with E-state index in [2.05, 4.69) is 4.90 Å². The van der Waals surface area contributed by atoms with Crippen LogP contribution in [0.3, 0.4) is 0 Å². The van der Waals surface area contributed by atoms with Crippen molar-refractivity contribution in [2.75, 3.05) is 37.5 Å². The zero-order valence-electron chi connectivity index (χ0n) is 22.5. The topological polar surface area (TPSA) is 81.2 Å². The molecule has 2 aliphatic rings. The highest BCUT2D eigenvalue weighted by molar-refractivity contribution is 7.89. The minimum atomic E-state index is -3.92. The van der Waals surface area contributed by atoms with Crippen molar-refractivity contribution in [3.63, 3.8) is 0 Å². The van der Waals surface area contributed by atoms with Crippen molar-refractivity contribution in [3.05, 3.63) is 72.0 Å². The predicted octanol–water partition coefficient (Wildman–Crippen LogP) is 5.98. The summed E-state index contributed by atoms with van der Waals surface area (Å²) in [5, 5.41) is 9.52. The van der Waals surface area contributed by atoms with Gasteiger partial charge in [-0.2, -0.15) is 4.31 Å². The molecule has 1 aliphatic carbocycles. The molecule has 0 amide bonds.